The lowest BCUT2D eigenvalue weighted by Crippen LogP contribution is -2.25. The zero-order valence-electron chi connectivity index (χ0n) is 11.1. The highest BCUT2D eigenvalue weighted by Crippen LogP contribution is 2.13. The summed E-state index contributed by atoms with van der Waals surface area (Å²) in [6.07, 6.45) is 2.15. The van der Waals surface area contributed by atoms with Crippen molar-refractivity contribution in [1.29, 1.82) is 0 Å². The van der Waals surface area contributed by atoms with Gasteiger partial charge in [-0.3, -0.25) is 4.79 Å². The maximum Gasteiger partial charge on any atom is 0.362 e. The molecule has 0 atom stereocenters. The molecule has 0 saturated carbocycles. The Morgan fingerprint density at radius 2 is 2.00 bits per heavy atom. The standard InChI is InChI=1S/C14H13BrN2O3/c1-3-9-8-17(11-6-4-10(15)5-7-11)16-12(13(9)18)14(19)20-2/h4-8H,3H2,1-2H3. The Morgan fingerprint density at radius 3 is 2.55 bits per heavy atom. The van der Waals surface area contributed by atoms with Crippen LogP contribution in [0, 0.1) is 0 Å². The summed E-state index contributed by atoms with van der Waals surface area (Å²) < 4.78 is 7.05. The smallest absolute Gasteiger partial charge is 0.362 e. The minimum absolute atomic E-state index is 0.199. The summed E-state index contributed by atoms with van der Waals surface area (Å²) in [5.74, 6) is -0.726. The SMILES string of the molecule is CCc1cn(-c2ccc(Br)cc2)nc(C(=O)OC)c1=O. The first-order chi connectivity index (χ1) is 9.56. The predicted molar refractivity (Wildman–Crippen MR) is 78.3 cm³/mol. The van der Waals surface area contributed by atoms with Crippen molar-refractivity contribution in [2.45, 2.75) is 13.3 Å². The number of halogens is 1. The summed E-state index contributed by atoms with van der Waals surface area (Å²) in [5, 5.41) is 4.07. The van der Waals surface area contributed by atoms with E-state index < -0.39 is 5.97 Å². The maximum absolute atomic E-state index is 12.1. The number of nitrogens with zero attached hydrogens (tertiary/aromatic N) is 2. The second-order valence-corrected chi connectivity index (χ2v) is 5.01. The molecular formula is C14H13BrN2O3. The first-order valence-electron chi connectivity index (χ1n) is 6.04. The second kappa shape index (κ2) is 6.00. The molecule has 0 fully saturated rings. The molecule has 0 saturated heterocycles. The molecule has 6 heteroatoms. The van der Waals surface area contributed by atoms with Crippen molar-refractivity contribution >= 4 is 21.9 Å². The van der Waals surface area contributed by atoms with E-state index in [-0.39, 0.29) is 11.1 Å². The van der Waals surface area contributed by atoms with Crippen LogP contribution in [0.2, 0.25) is 0 Å². The topological polar surface area (TPSA) is 61.2 Å². The Labute approximate surface area is 124 Å². The van der Waals surface area contributed by atoms with Crippen LogP contribution in [0.4, 0.5) is 0 Å². The Kier molecular flexibility index (Phi) is 4.34. The fraction of sp³-hybridized carbons (Fsp3) is 0.214. The quantitative estimate of drug-likeness (QED) is 0.807. The van der Waals surface area contributed by atoms with Gasteiger partial charge in [-0.2, -0.15) is 5.10 Å². The van der Waals surface area contributed by atoms with Crippen molar-refractivity contribution in [1.82, 2.24) is 9.78 Å². The van der Waals surface area contributed by atoms with Gasteiger partial charge in [0.05, 0.1) is 12.8 Å². The van der Waals surface area contributed by atoms with Crippen LogP contribution in [0.1, 0.15) is 23.0 Å². The summed E-state index contributed by atoms with van der Waals surface area (Å²) in [6, 6.07) is 7.39. The van der Waals surface area contributed by atoms with E-state index in [9.17, 15) is 9.59 Å². The number of ether oxygens (including phenoxy) is 1. The first-order valence-corrected chi connectivity index (χ1v) is 6.83. The molecule has 0 aliphatic rings. The Morgan fingerprint density at radius 1 is 1.35 bits per heavy atom. The van der Waals surface area contributed by atoms with Crippen LogP contribution in [0.15, 0.2) is 39.7 Å². The average Bonchev–Trinajstić information content (AvgIpc) is 2.47. The highest BCUT2D eigenvalue weighted by molar-refractivity contribution is 9.10. The van der Waals surface area contributed by atoms with Crippen molar-refractivity contribution in [3.63, 3.8) is 0 Å². The van der Waals surface area contributed by atoms with E-state index in [2.05, 4.69) is 25.8 Å². The minimum atomic E-state index is -0.726. The van der Waals surface area contributed by atoms with Crippen molar-refractivity contribution < 1.29 is 9.53 Å². The Hall–Kier alpha value is -1.95. The number of rotatable bonds is 3. The molecule has 0 spiro atoms. The van der Waals surface area contributed by atoms with Crippen LogP contribution in [0.3, 0.4) is 0 Å². The van der Waals surface area contributed by atoms with E-state index in [1.54, 1.807) is 6.20 Å². The van der Waals surface area contributed by atoms with Gasteiger partial charge in [0.1, 0.15) is 0 Å². The highest BCUT2D eigenvalue weighted by Gasteiger charge is 2.17. The third-order valence-electron chi connectivity index (χ3n) is 2.84. The summed E-state index contributed by atoms with van der Waals surface area (Å²) in [6.45, 7) is 1.85. The summed E-state index contributed by atoms with van der Waals surface area (Å²) in [4.78, 5) is 23.7. The van der Waals surface area contributed by atoms with Gasteiger partial charge in [-0.05, 0) is 30.7 Å². The van der Waals surface area contributed by atoms with Crippen molar-refractivity contribution in [3.05, 3.63) is 56.4 Å². The highest BCUT2D eigenvalue weighted by atomic mass is 79.9. The number of hydrogen-bond acceptors (Lipinski definition) is 4. The fourth-order valence-electron chi connectivity index (χ4n) is 1.75. The maximum atomic E-state index is 12.1. The molecule has 20 heavy (non-hydrogen) atoms. The van der Waals surface area contributed by atoms with Gasteiger partial charge in [-0.1, -0.05) is 22.9 Å². The predicted octanol–water partition coefficient (Wildman–Crippen LogP) is 2.34. The molecule has 1 aromatic heterocycles. The summed E-state index contributed by atoms with van der Waals surface area (Å²) in [7, 11) is 1.23. The zero-order valence-corrected chi connectivity index (χ0v) is 12.7. The minimum Gasteiger partial charge on any atom is -0.464 e. The molecule has 0 N–H and O–H groups in total. The van der Waals surface area contributed by atoms with Crippen molar-refractivity contribution in [2.75, 3.05) is 7.11 Å². The normalized spacial score (nSPS) is 10.3. The average molecular weight is 337 g/mol. The number of methoxy groups -OCH3 is 1. The van der Waals surface area contributed by atoms with Gasteiger partial charge in [0.2, 0.25) is 11.1 Å². The molecule has 0 bridgehead atoms. The van der Waals surface area contributed by atoms with Crippen LogP contribution in [-0.4, -0.2) is 22.9 Å². The lowest BCUT2D eigenvalue weighted by atomic mass is 10.2. The number of benzene rings is 1. The molecule has 0 aliphatic carbocycles. The van der Waals surface area contributed by atoms with E-state index in [1.807, 2.05) is 31.2 Å². The molecule has 2 rings (SSSR count). The zero-order chi connectivity index (χ0) is 14.7. The molecule has 1 aromatic carbocycles. The number of hydrogen-bond donors (Lipinski definition) is 0. The van der Waals surface area contributed by atoms with Gasteiger partial charge in [0.25, 0.3) is 0 Å². The lowest BCUT2D eigenvalue weighted by Gasteiger charge is -2.09. The molecule has 104 valence electrons. The molecule has 1 heterocycles. The molecule has 0 amide bonds. The molecule has 0 unspecified atom stereocenters. The van der Waals surface area contributed by atoms with Gasteiger partial charge in [0.15, 0.2) is 0 Å². The van der Waals surface area contributed by atoms with E-state index in [0.717, 1.165) is 10.2 Å². The fourth-order valence-corrected chi connectivity index (χ4v) is 2.01. The van der Waals surface area contributed by atoms with Crippen molar-refractivity contribution in [2.24, 2.45) is 0 Å². The van der Waals surface area contributed by atoms with Gasteiger partial charge in [-0.25, -0.2) is 9.48 Å². The second-order valence-electron chi connectivity index (χ2n) is 4.10. The Bertz CT molecular complexity index is 693. The third-order valence-corrected chi connectivity index (χ3v) is 3.37. The number of aryl methyl sites for hydroxylation is 1. The van der Waals surface area contributed by atoms with E-state index in [0.29, 0.717) is 12.0 Å². The van der Waals surface area contributed by atoms with Crippen LogP contribution < -0.4 is 5.43 Å². The molecule has 0 aliphatic heterocycles. The first kappa shape index (κ1) is 14.5. The molecule has 2 aromatic rings. The Balaban J connectivity index is 2.62. The van der Waals surface area contributed by atoms with Crippen LogP contribution in [0.5, 0.6) is 0 Å². The van der Waals surface area contributed by atoms with Crippen LogP contribution in [-0.2, 0) is 11.2 Å². The number of esters is 1. The number of carbonyl (C=O) groups is 1. The number of aromatic nitrogens is 2. The van der Waals surface area contributed by atoms with Gasteiger partial charge < -0.3 is 4.74 Å². The van der Waals surface area contributed by atoms with Gasteiger partial charge in [-0.15, -0.1) is 0 Å². The van der Waals surface area contributed by atoms with Crippen molar-refractivity contribution in [3.8, 4) is 5.69 Å². The van der Waals surface area contributed by atoms with E-state index in [1.165, 1.54) is 11.8 Å². The number of carbonyl (C=O) groups excluding carboxylic acids is 1. The van der Waals surface area contributed by atoms with Crippen LogP contribution >= 0.6 is 15.9 Å². The summed E-state index contributed by atoms with van der Waals surface area (Å²) >= 11 is 3.35. The molecular weight excluding hydrogens is 324 g/mol. The third kappa shape index (κ3) is 2.80. The lowest BCUT2D eigenvalue weighted by molar-refractivity contribution is 0.0590. The molecule has 0 radical (unpaired) electrons. The van der Waals surface area contributed by atoms with Crippen LogP contribution in [0.25, 0.3) is 5.69 Å². The largest absolute Gasteiger partial charge is 0.464 e. The molecule has 5 nitrogen and oxygen atoms in total. The van der Waals surface area contributed by atoms with Gasteiger partial charge in [0, 0.05) is 16.2 Å². The monoisotopic (exact) mass is 336 g/mol. The van der Waals surface area contributed by atoms with E-state index in [4.69, 9.17) is 0 Å². The summed E-state index contributed by atoms with van der Waals surface area (Å²) in [5.41, 5.74) is 0.693. The van der Waals surface area contributed by atoms with E-state index >= 15 is 0 Å². The van der Waals surface area contributed by atoms with Gasteiger partial charge >= 0.3 is 5.97 Å².